The van der Waals surface area contributed by atoms with Gasteiger partial charge in [-0.15, -0.1) is 0 Å². The molecule has 2 aliphatic rings. The number of aliphatic carboxylic acids is 1. The number of carboxylic acids is 1. The van der Waals surface area contributed by atoms with Gasteiger partial charge in [0.05, 0.1) is 6.61 Å². The van der Waals surface area contributed by atoms with Gasteiger partial charge in [-0.25, -0.2) is 9.59 Å². The average molecular weight is 305 g/mol. The van der Waals surface area contributed by atoms with Gasteiger partial charge in [-0.2, -0.15) is 0 Å². The largest absolute Gasteiger partial charge is 0.480 e. The Morgan fingerprint density at radius 3 is 2.59 bits per heavy atom. The smallest absolute Gasteiger partial charge is 0.408 e. The van der Waals surface area contributed by atoms with Gasteiger partial charge in [0.2, 0.25) is 0 Å². The highest BCUT2D eigenvalue weighted by Crippen LogP contribution is 2.53. The number of carboxylic acid groups (broad SMARTS) is 1. The van der Waals surface area contributed by atoms with Crippen LogP contribution in [0.15, 0.2) is 30.3 Å². The van der Waals surface area contributed by atoms with E-state index in [0.29, 0.717) is 26.1 Å². The molecule has 2 fully saturated rings. The predicted octanol–water partition coefficient (Wildman–Crippen LogP) is 1.94. The third-order valence-electron chi connectivity index (χ3n) is 4.50. The molecule has 1 spiro atoms. The molecule has 1 aromatic rings. The van der Waals surface area contributed by atoms with E-state index in [1.54, 1.807) is 0 Å². The Morgan fingerprint density at radius 1 is 1.27 bits per heavy atom. The maximum atomic E-state index is 11.9. The van der Waals surface area contributed by atoms with Crippen LogP contribution in [0.5, 0.6) is 0 Å². The first-order valence-corrected chi connectivity index (χ1v) is 7.34. The summed E-state index contributed by atoms with van der Waals surface area (Å²) < 4.78 is 10.5. The van der Waals surface area contributed by atoms with Gasteiger partial charge in [0.1, 0.15) is 12.1 Å². The van der Waals surface area contributed by atoms with E-state index >= 15 is 0 Å². The number of benzene rings is 1. The molecule has 1 saturated carbocycles. The van der Waals surface area contributed by atoms with Crippen molar-refractivity contribution in [2.45, 2.75) is 31.4 Å². The summed E-state index contributed by atoms with van der Waals surface area (Å²) in [5, 5.41) is 12.0. The lowest BCUT2D eigenvalue weighted by Gasteiger charge is -2.51. The fraction of sp³-hybridized carbons (Fsp3) is 0.500. The summed E-state index contributed by atoms with van der Waals surface area (Å²) in [7, 11) is 0. The summed E-state index contributed by atoms with van der Waals surface area (Å²) in [4.78, 5) is 23.4. The molecule has 1 aliphatic heterocycles. The van der Waals surface area contributed by atoms with Crippen molar-refractivity contribution < 1.29 is 24.2 Å². The molecule has 3 rings (SSSR count). The van der Waals surface area contributed by atoms with E-state index in [2.05, 4.69) is 5.32 Å². The minimum Gasteiger partial charge on any atom is -0.480 e. The number of amides is 1. The highest BCUT2D eigenvalue weighted by molar-refractivity contribution is 5.86. The van der Waals surface area contributed by atoms with Crippen LogP contribution >= 0.6 is 0 Å². The minimum absolute atomic E-state index is 0.0922. The normalized spacial score (nSPS) is 29.8. The van der Waals surface area contributed by atoms with E-state index in [-0.39, 0.29) is 12.0 Å². The van der Waals surface area contributed by atoms with Gasteiger partial charge in [-0.05, 0) is 24.8 Å². The molecule has 1 amide bonds. The van der Waals surface area contributed by atoms with Crippen molar-refractivity contribution in [1.82, 2.24) is 5.32 Å². The van der Waals surface area contributed by atoms with Crippen LogP contribution in [0.3, 0.4) is 0 Å². The molecule has 6 nitrogen and oxygen atoms in total. The molecule has 0 atom stereocenters. The first-order valence-electron chi connectivity index (χ1n) is 7.34. The second-order valence-electron chi connectivity index (χ2n) is 6.23. The first kappa shape index (κ1) is 14.8. The molecule has 0 radical (unpaired) electrons. The van der Waals surface area contributed by atoms with E-state index in [0.717, 1.165) is 12.0 Å². The average Bonchev–Trinajstić information content (AvgIpc) is 2.94. The molecule has 1 heterocycles. The van der Waals surface area contributed by atoms with Crippen molar-refractivity contribution in [3.8, 4) is 0 Å². The summed E-state index contributed by atoms with van der Waals surface area (Å²) in [6.07, 6.45) is 0.953. The Bertz CT molecular complexity index is 557. The second-order valence-corrected chi connectivity index (χ2v) is 6.23. The lowest BCUT2D eigenvalue weighted by atomic mass is 9.57. The molecule has 2 N–H and O–H groups in total. The van der Waals surface area contributed by atoms with E-state index < -0.39 is 17.6 Å². The van der Waals surface area contributed by atoms with Crippen LogP contribution in [0.4, 0.5) is 4.79 Å². The van der Waals surface area contributed by atoms with Crippen molar-refractivity contribution in [3.05, 3.63) is 35.9 Å². The Balaban J connectivity index is 1.56. The van der Waals surface area contributed by atoms with E-state index in [1.807, 2.05) is 30.3 Å². The molecule has 1 aliphatic carbocycles. The summed E-state index contributed by atoms with van der Waals surface area (Å²) >= 11 is 0. The quantitative estimate of drug-likeness (QED) is 0.888. The van der Waals surface area contributed by atoms with Crippen LogP contribution in [0, 0.1) is 5.41 Å². The van der Waals surface area contributed by atoms with Crippen LogP contribution in [0.2, 0.25) is 0 Å². The highest BCUT2D eigenvalue weighted by atomic mass is 16.5. The summed E-state index contributed by atoms with van der Waals surface area (Å²) in [5.41, 5.74) is -0.455. The lowest BCUT2D eigenvalue weighted by molar-refractivity contribution is -0.156. The monoisotopic (exact) mass is 305 g/mol. The van der Waals surface area contributed by atoms with Crippen molar-refractivity contribution in [3.63, 3.8) is 0 Å². The minimum atomic E-state index is -1.22. The van der Waals surface area contributed by atoms with Gasteiger partial charge in [0, 0.05) is 12.0 Å². The third-order valence-corrected chi connectivity index (χ3v) is 4.50. The molecule has 118 valence electrons. The number of carbonyl (C=O) groups is 2. The van der Waals surface area contributed by atoms with Gasteiger partial charge in [0.15, 0.2) is 0 Å². The van der Waals surface area contributed by atoms with E-state index in [9.17, 15) is 14.7 Å². The Labute approximate surface area is 128 Å². The van der Waals surface area contributed by atoms with E-state index in [1.165, 1.54) is 0 Å². The van der Waals surface area contributed by atoms with Crippen LogP contribution in [-0.2, 0) is 20.9 Å². The van der Waals surface area contributed by atoms with Crippen molar-refractivity contribution in [2.24, 2.45) is 5.41 Å². The number of hydrogen-bond acceptors (Lipinski definition) is 4. The van der Waals surface area contributed by atoms with Crippen LogP contribution in [-0.4, -0.2) is 35.9 Å². The van der Waals surface area contributed by atoms with E-state index in [4.69, 9.17) is 9.47 Å². The first-order chi connectivity index (χ1) is 10.5. The molecule has 1 saturated heterocycles. The molecule has 1 aromatic carbocycles. The summed E-state index contributed by atoms with van der Waals surface area (Å²) in [5.74, 6) is -1.01. The van der Waals surface area contributed by atoms with Crippen LogP contribution in [0.25, 0.3) is 0 Å². The predicted molar refractivity (Wildman–Crippen MR) is 77.2 cm³/mol. The molecular formula is C16H19NO5. The van der Waals surface area contributed by atoms with Crippen molar-refractivity contribution in [1.29, 1.82) is 0 Å². The van der Waals surface area contributed by atoms with Crippen molar-refractivity contribution in [2.75, 3.05) is 13.2 Å². The van der Waals surface area contributed by atoms with Gasteiger partial charge in [0.25, 0.3) is 0 Å². The Morgan fingerprint density at radius 2 is 2.00 bits per heavy atom. The van der Waals surface area contributed by atoms with Crippen molar-refractivity contribution >= 4 is 12.1 Å². The molecule has 0 aromatic heterocycles. The zero-order valence-electron chi connectivity index (χ0n) is 12.2. The summed E-state index contributed by atoms with van der Waals surface area (Å²) in [6, 6.07) is 9.26. The maximum Gasteiger partial charge on any atom is 0.408 e. The highest BCUT2D eigenvalue weighted by Gasteiger charge is 2.61. The van der Waals surface area contributed by atoms with Gasteiger partial charge < -0.3 is 19.9 Å². The Kier molecular flexibility index (Phi) is 3.78. The molecule has 0 bridgehead atoms. The molecular weight excluding hydrogens is 286 g/mol. The lowest BCUT2D eigenvalue weighted by Crippen LogP contribution is -2.66. The van der Waals surface area contributed by atoms with Gasteiger partial charge >= 0.3 is 12.1 Å². The SMILES string of the molecule is O=C(NC1(C(=O)O)CC2(CCOC2)C1)OCc1ccccc1. The molecule has 6 heteroatoms. The second kappa shape index (κ2) is 5.61. The number of nitrogens with one attached hydrogen (secondary N) is 1. The summed E-state index contributed by atoms with van der Waals surface area (Å²) in [6.45, 7) is 1.35. The Hall–Kier alpha value is -2.08. The number of ether oxygens (including phenoxy) is 2. The van der Waals surface area contributed by atoms with Crippen LogP contribution in [0.1, 0.15) is 24.8 Å². The number of rotatable bonds is 4. The zero-order chi connectivity index (χ0) is 15.6. The zero-order valence-corrected chi connectivity index (χ0v) is 12.2. The van der Waals surface area contributed by atoms with Gasteiger partial charge in [-0.3, -0.25) is 0 Å². The number of alkyl carbamates (subject to hydrolysis) is 1. The number of hydrogen-bond donors (Lipinski definition) is 2. The van der Waals surface area contributed by atoms with Crippen LogP contribution < -0.4 is 5.32 Å². The molecule has 22 heavy (non-hydrogen) atoms. The fourth-order valence-electron chi connectivity index (χ4n) is 3.40. The number of carbonyl (C=O) groups excluding carboxylic acids is 1. The molecule has 0 unspecified atom stereocenters. The maximum absolute atomic E-state index is 11.9. The standard InChI is InChI=1S/C16H19NO5/c18-13(19)16(9-15(10-16)6-7-21-11-15)17-14(20)22-8-12-4-2-1-3-5-12/h1-5H,6-11H2,(H,17,20)(H,18,19). The topological polar surface area (TPSA) is 84.9 Å². The fourth-order valence-corrected chi connectivity index (χ4v) is 3.40. The third kappa shape index (κ3) is 2.78. The van der Waals surface area contributed by atoms with Gasteiger partial charge in [-0.1, -0.05) is 30.3 Å².